The van der Waals surface area contributed by atoms with Crippen LogP contribution in [0.5, 0.6) is 0 Å². The number of amides is 1. The van der Waals surface area contributed by atoms with Gasteiger partial charge in [0.2, 0.25) is 0 Å². The first-order chi connectivity index (χ1) is 10.6. The first-order valence-electron chi connectivity index (χ1n) is 8.09. The van der Waals surface area contributed by atoms with Gasteiger partial charge in [0, 0.05) is 44.1 Å². The van der Waals surface area contributed by atoms with Crippen molar-refractivity contribution in [2.24, 2.45) is 7.05 Å². The molecular formula is C17H22N4O. The molecule has 1 saturated carbocycles. The number of aromatic nitrogens is 3. The molecule has 1 aliphatic carbocycles. The standard InChI is InChI=1S/C17H22N4O/c1-12-10-18-16(13-5-6-13)21(12)14-7-9-20(11-14)17(22)15-4-3-8-19(15)2/h3-4,8,10,13-14H,5-7,9,11H2,1-2H3. The van der Waals surface area contributed by atoms with Crippen molar-refractivity contribution in [3.63, 3.8) is 0 Å². The fraction of sp³-hybridized carbons (Fsp3) is 0.529. The van der Waals surface area contributed by atoms with Crippen molar-refractivity contribution in [3.8, 4) is 0 Å². The van der Waals surface area contributed by atoms with Gasteiger partial charge in [-0.15, -0.1) is 0 Å². The molecule has 2 aromatic heterocycles. The molecule has 2 aromatic rings. The summed E-state index contributed by atoms with van der Waals surface area (Å²) in [6, 6.07) is 4.20. The second-order valence-corrected chi connectivity index (χ2v) is 6.60. The van der Waals surface area contributed by atoms with Gasteiger partial charge < -0.3 is 14.0 Å². The van der Waals surface area contributed by atoms with Crippen LogP contribution in [0.4, 0.5) is 0 Å². The van der Waals surface area contributed by atoms with Crippen molar-refractivity contribution in [3.05, 3.63) is 41.7 Å². The van der Waals surface area contributed by atoms with E-state index in [1.165, 1.54) is 24.4 Å². The molecule has 2 aliphatic rings. The number of likely N-dealkylation sites (tertiary alicyclic amines) is 1. The van der Waals surface area contributed by atoms with E-state index in [-0.39, 0.29) is 5.91 Å². The number of hydrogen-bond acceptors (Lipinski definition) is 2. The second-order valence-electron chi connectivity index (χ2n) is 6.60. The van der Waals surface area contributed by atoms with Crippen LogP contribution in [0.3, 0.4) is 0 Å². The molecule has 1 atom stereocenters. The smallest absolute Gasteiger partial charge is 0.270 e. The highest BCUT2D eigenvalue weighted by Crippen LogP contribution is 2.41. The maximum absolute atomic E-state index is 12.6. The van der Waals surface area contributed by atoms with Crippen LogP contribution < -0.4 is 0 Å². The van der Waals surface area contributed by atoms with E-state index in [2.05, 4.69) is 16.5 Å². The Morgan fingerprint density at radius 3 is 2.82 bits per heavy atom. The quantitative estimate of drug-likeness (QED) is 0.874. The number of hydrogen-bond donors (Lipinski definition) is 0. The van der Waals surface area contributed by atoms with Gasteiger partial charge in [-0.2, -0.15) is 0 Å². The summed E-state index contributed by atoms with van der Waals surface area (Å²) in [4.78, 5) is 19.2. The summed E-state index contributed by atoms with van der Waals surface area (Å²) >= 11 is 0. The highest BCUT2D eigenvalue weighted by atomic mass is 16.2. The SMILES string of the molecule is Cc1cnc(C2CC2)n1C1CCN(C(=O)c2cccn2C)C1. The zero-order chi connectivity index (χ0) is 15.3. The van der Waals surface area contributed by atoms with Gasteiger partial charge in [-0.3, -0.25) is 4.79 Å². The highest BCUT2D eigenvalue weighted by molar-refractivity contribution is 5.93. The van der Waals surface area contributed by atoms with Crippen molar-refractivity contribution in [2.45, 2.75) is 38.1 Å². The number of rotatable bonds is 3. The molecule has 1 aliphatic heterocycles. The molecule has 1 amide bonds. The Kier molecular flexibility index (Phi) is 3.10. The molecule has 5 nitrogen and oxygen atoms in total. The van der Waals surface area contributed by atoms with E-state index in [9.17, 15) is 4.79 Å². The van der Waals surface area contributed by atoms with Crippen molar-refractivity contribution < 1.29 is 4.79 Å². The van der Waals surface area contributed by atoms with Crippen LogP contribution in [0.2, 0.25) is 0 Å². The first kappa shape index (κ1) is 13.6. The average molecular weight is 298 g/mol. The summed E-state index contributed by atoms with van der Waals surface area (Å²) < 4.78 is 4.28. The van der Waals surface area contributed by atoms with Gasteiger partial charge in [0.05, 0.1) is 6.04 Å². The maximum Gasteiger partial charge on any atom is 0.270 e. The summed E-state index contributed by atoms with van der Waals surface area (Å²) in [7, 11) is 1.92. The Hall–Kier alpha value is -2.04. The fourth-order valence-corrected chi connectivity index (χ4v) is 3.57. The fourth-order valence-electron chi connectivity index (χ4n) is 3.57. The predicted molar refractivity (Wildman–Crippen MR) is 83.9 cm³/mol. The van der Waals surface area contributed by atoms with Crippen LogP contribution in [0.1, 0.15) is 53.2 Å². The zero-order valence-corrected chi connectivity index (χ0v) is 13.2. The molecule has 1 unspecified atom stereocenters. The maximum atomic E-state index is 12.6. The van der Waals surface area contributed by atoms with Gasteiger partial charge >= 0.3 is 0 Å². The van der Waals surface area contributed by atoms with E-state index >= 15 is 0 Å². The van der Waals surface area contributed by atoms with Crippen LogP contribution in [0, 0.1) is 6.92 Å². The largest absolute Gasteiger partial charge is 0.347 e. The van der Waals surface area contributed by atoms with E-state index in [4.69, 9.17) is 0 Å². The van der Waals surface area contributed by atoms with Gasteiger partial charge in [0.25, 0.3) is 5.91 Å². The minimum absolute atomic E-state index is 0.140. The van der Waals surface area contributed by atoms with Crippen LogP contribution in [-0.2, 0) is 7.05 Å². The Labute approximate surface area is 130 Å². The Bertz CT molecular complexity index is 710. The van der Waals surface area contributed by atoms with E-state index < -0.39 is 0 Å². The average Bonchev–Trinajstić information content (AvgIpc) is 2.92. The van der Waals surface area contributed by atoms with Gasteiger partial charge in [-0.05, 0) is 38.3 Å². The van der Waals surface area contributed by atoms with Gasteiger partial charge in [0.15, 0.2) is 0 Å². The first-order valence-corrected chi connectivity index (χ1v) is 8.09. The molecule has 2 fully saturated rings. The van der Waals surface area contributed by atoms with E-state index in [1.54, 1.807) is 0 Å². The molecule has 0 bridgehead atoms. The van der Waals surface area contributed by atoms with E-state index in [0.717, 1.165) is 25.2 Å². The summed E-state index contributed by atoms with van der Waals surface area (Å²) in [6.45, 7) is 3.75. The van der Waals surface area contributed by atoms with E-state index in [1.807, 2.05) is 41.0 Å². The molecule has 0 aromatic carbocycles. The van der Waals surface area contributed by atoms with Crippen LogP contribution >= 0.6 is 0 Å². The predicted octanol–water partition coefficient (Wildman–Crippen LogP) is 2.49. The topological polar surface area (TPSA) is 43.1 Å². The van der Waals surface area contributed by atoms with Crippen LogP contribution in [0.15, 0.2) is 24.5 Å². The van der Waals surface area contributed by atoms with Crippen LogP contribution in [0.25, 0.3) is 0 Å². The van der Waals surface area contributed by atoms with Crippen molar-refractivity contribution >= 4 is 5.91 Å². The number of nitrogens with zero attached hydrogens (tertiary/aromatic N) is 4. The Balaban J connectivity index is 1.54. The third-order valence-electron chi connectivity index (χ3n) is 4.93. The van der Waals surface area contributed by atoms with Crippen LogP contribution in [-0.4, -0.2) is 38.0 Å². The number of carbonyl (C=O) groups excluding carboxylic acids is 1. The minimum Gasteiger partial charge on any atom is -0.347 e. The van der Waals surface area contributed by atoms with Crippen molar-refractivity contribution in [1.29, 1.82) is 0 Å². The van der Waals surface area contributed by atoms with E-state index in [0.29, 0.717) is 12.0 Å². The molecule has 22 heavy (non-hydrogen) atoms. The molecule has 0 N–H and O–H groups in total. The molecular weight excluding hydrogens is 276 g/mol. The molecule has 116 valence electrons. The molecule has 0 spiro atoms. The Morgan fingerprint density at radius 1 is 1.32 bits per heavy atom. The third kappa shape index (κ3) is 2.16. The highest BCUT2D eigenvalue weighted by Gasteiger charge is 2.35. The number of imidazole rings is 1. The molecule has 0 radical (unpaired) electrons. The molecule has 3 heterocycles. The lowest BCUT2D eigenvalue weighted by Gasteiger charge is -2.20. The molecule has 5 heteroatoms. The lowest BCUT2D eigenvalue weighted by atomic mass is 10.2. The van der Waals surface area contributed by atoms with Gasteiger partial charge in [-0.25, -0.2) is 4.98 Å². The number of carbonyl (C=O) groups is 1. The van der Waals surface area contributed by atoms with Crippen molar-refractivity contribution in [2.75, 3.05) is 13.1 Å². The lowest BCUT2D eigenvalue weighted by molar-refractivity contribution is 0.0778. The monoisotopic (exact) mass is 298 g/mol. The molecule has 4 rings (SSSR count). The zero-order valence-electron chi connectivity index (χ0n) is 13.2. The molecule has 1 saturated heterocycles. The van der Waals surface area contributed by atoms with Crippen molar-refractivity contribution in [1.82, 2.24) is 19.0 Å². The summed E-state index contributed by atoms with van der Waals surface area (Å²) in [5, 5.41) is 0. The Morgan fingerprint density at radius 2 is 2.14 bits per heavy atom. The van der Waals surface area contributed by atoms with Gasteiger partial charge in [0.1, 0.15) is 11.5 Å². The summed E-state index contributed by atoms with van der Waals surface area (Å²) in [5.41, 5.74) is 1.99. The summed E-state index contributed by atoms with van der Waals surface area (Å²) in [6.07, 6.45) is 7.44. The third-order valence-corrected chi connectivity index (χ3v) is 4.93. The normalized spacial score (nSPS) is 21.5. The van der Waals surface area contributed by atoms with Gasteiger partial charge in [-0.1, -0.05) is 0 Å². The summed E-state index contributed by atoms with van der Waals surface area (Å²) in [5.74, 6) is 2.02. The second kappa shape index (κ2) is 5.00. The number of aryl methyl sites for hydroxylation is 2. The lowest BCUT2D eigenvalue weighted by Crippen LogP contribution is -2.30. The minimum atomic E-state index is 0.140.